The maximum absolute atomic E-state index is 11.5. The number of hydrogen-bond donors (Lipinski definition) is 3. The first-order chi connectivity index (χ1) is 8.15. The third-order valence-corrected chi connectivity index (χ3v) is 2.84. The van der Waals surface area contributed by atoms with Crippen LogP contribution in [0.1, 0.15) is 19.8 Å². The highest BCUT2D eigenvalue weighted by Gasteiger charge is 2.22. The summed E-state index contributed by atoms with van der Waals surface area (Å²) in [4.78, 5) is 24.8. The average molecular weight is 242 g/mol. The van der Waals surface area contributed by atoms with Crippen LogP contribution in [0.3, 0.4) is 0 Å². The minimum atomic E-state index is -0.402. The van der Waals surface area contributed by atoms with Crippen molar-refractivity contribution >= 4 is 11.9 Å². The molecule has 1 rings (SSSR count). The van der Waals surface area contributed by atoms with Crippen molar-refractivity contribution in [2.45, 2.75) is 25.8 Å². The summed E-state index contributed by atoms with van der Waals surface area (Å²) in [6.45, 7) is 4.60. The van der Waals surface area contributed by atoms with E-state index >= 15 is 0 Å². The van der Waals surface area contributed by atoms with E-state index in [4.69, 9.17) is 0 Å². The van der Waals surface area contributed by atoms with Gasteiger partial charge in [-0.1, -0.05) is 6.92 Å². The van der Waals surface area contributed by atoms with Gasteiger partial charge in [-0.3, -0.25) is 15.0 Å². The van der Waals surface area contributed by atoms with Gasteiger partial charge in [-0.2, -0.15) is 0 Å². The maximum atomic E-state index is 11.5. The smallest absolute Gasteiger partial charge is 0.321 e. The van der Waals surface area contributed by atoms with E-state index in [1.807, 2.05) is 18.9 Å². The van der Waals surface area contributed by atoms with E-state index in [0.29, 0.717) is 12.6 Å². The first-order valence-electron chi connectivity index (χ1n) is 6.13. The molecule has 0 spiro atoms. The molecule has 6 nitrogen and oxygen atoms in total. The monoisotopic (exact) mass is 242 g/mol. The van der Waals surface area contributed by atoms with Crippen LogP contribution in [0.2, 0.25) is 0 Å². The highest BCUT2D eigenvalue weighted by Crippen LogP contribution is 2.07. The van der Waals surface area contributed by atoms with Gasteiger partial charge in [-0.05, 0) is 19.9 Å². The Labute approximate surface area is 102 Å². The quantitative estimate of drug-likeness (QED) is 0.608. The minimum Gasteiger partial charge on any atom is -0.338 e. The second-order valence-corrected chi connectivity index (χ2v) is 4.31. The second-order valence-electron chi connectivity index (χ2n) is 4.31. The Bertz CT molecular complexity index is 270. The Kier molecular flexibility index (Phi) is 5.93. The number of urea groups is 1. The van der Waals surface area contributed by atoms with Crippen molar-refractivity contribution in [1.82, 2.24) is 20.9 Å². The molecule has 0 aromatic carbocycles. The van der Waals surface area contributed by atoms with Crippen molar-refractivity contribution in [2.24, 2.45) is 0 Å². The van der Waals surface area contributed by atoms with Gasteiger partial charge >= 0.3 is 6.03 Å². The Balaban J connectivity index is 2.19. The molecule has 1 aliphatic heterocycles. The zero-order valence-electron chi connectivity index (χ0n) is 10.6. The average Bonchev–Trinajstić information content (AvgIpc) is 2.73. The molecule has 1 aliphatic rings. The summed E-state index contributed by atoms with van der Waals surface area (Å²) < 4.78 is 0. The van der Waals surface area contributed by atoms with E-state index in [-0.39, 0.29) is 12.5 Å². The minimum absolute atomic E-state index is 0.240. The van der Waals surface area contributed by atoms with Crippen molar-refractivity contribution < 1.29 is 9.59 Å². The van der Waals surface area contributed by atoms with Crippen LogP contribution < -0.4 is 16.0 Å². The van der Waals surface area contributed by atoms with Crippen LogP contribution in [0.5, 0.6) is 0 Å². The normalized spacial score (nSPS) is 20.2. The topological polar surface area (TPSA) is 73.5 Å². The standard InChI is InChI=1S/C11H22N4O2/c1-3-5-13-11(17)14-10(16)8-15-6-4-9(7-15)12-2/h9,12H,3-8H2,1-2H3,(H2,13,14,16,17). The number of nitrogens with zero attached hydrogens (tertiary/aromatic N) is 1. The van der Waals surface area contributed by atoms with E-state index in [2.05, 4.69) is 16.0 Å². The van der Waals surface area contributed by atoms with E-state index in [1.165, 1.54) is 0 Å². The van der Waals surface area contributed by atoms with E-state index in [9.17, 15) is 9.59 Å². The fourth-order valence-corrected chi connectivity index (χ4v) is 1.86. The number of amides is 3. The summed E-state index contributed by atoms with van der Waals surface area (Å²) in [5.74, 6) is -0.240. The number of likely N-dealkylation sites (tertiary alicyclic amines) is 1. The van der Waals surface area contributed by atoms with Crippen molar-refractivity contribution in [3.05, 3.63) is 0 Å². The van der Waals surface area contributed by atoms with Gasteiger partial charge in [0.05, 0.1) is 6.54 Å². The fourth-order valence-electron chi connectivity index (χ4n) is 1.86. The van der Waals surface area contributed by atoms with Crippen LogP contribution in [0, 0.1) is 0 Å². The van der Waals surface area contributed by atoms with Gasteiger partial charge in [0.2, 0.25) is 5.91 Å². The lowest BCUT2D eigenvalue weighted by molar-refractivity contribution is -0.120. The molecule has 17 heavy (non-hydrogen) atoms. The van der Waals surface area contributed by atoms with Crippen molar-refractivity contribution in [2.75, 3.05) is 33.2 Å². The molecule has 3 N–H and O–H groups in total. The van der Waals surface area contributed by atoms with E-state index < -0.39 is 6.03 Å². The molecule has 0 saturated carbocycles. The Hall–Kier alpha value is -1.14. The SMILES string of the molecule is CCCNC(=O)NC(=O)CN1CCC(NC)C1. The summed E-state index contributed by atoms with van der Waals surface area (Å²) in [7, 11) is 1.92. The second kappa shape index (κ2) is 7.24. The largest absolute Gasteiger partial charge is 0.338 e. The Morgan fingerprint density at radius 3 is 2.76 bits per heavy atom. The molecule has 6 heteroatoms. The molecule has 0 aromatic heterocycles. The van der Waals surface area contributed by atoms with Gasteiger partial charge in [0.15, 0.2) is 0 Å². The van der Waals surface area contributed by atoms with Gasteiger partial charge in [0.25, 0.3) is 0 Å². The first kappa shape index (κ1) is 13.9. The third-order valence-electron chi connectivity index (χ3n) is 2.84. The van der Waals surface area contributed by atoms with Crippen LogP contribution in [0.25, 0.3) is 0 Å². The van der Waals surface area contributed by atoms with Crippen molar-refractivity contribution in [3.8, 4) is 0 Å². The summed E-state index contributed by atoms with van der Waals surface area (Å²) in [6, 6.07) is 0.0536. The predicted molar refractivity (Wildman–Crippen MR) is 65.7 cm³/mol. The summed E-state index contributed by atoms with van der Waals surface area (Å²) in [5, 5.41) is 8.11. The summed E-state index contributed by atoms with van der Waals surface area (Å²) in [6.07, 6.45) is 1.91. The van der Waals surface area contributed by atoms with Gasteiger partial charge in [-0.25, -0.2) is 4.79 Å². The summed E-state index contributed by atoms with van der Waals surface area (Å²) in [5.41, 5.74) is 0. The fraction of sp³-hybridized carbons (Fsp3) is 0.818. The highest BCUT2D eigenvalue weighted by molar-refractivity contribution is 5.95. The van der Waals surface area contributed by atoms with Gasteiger partial charge in [-0.15, -0.1) is 0 Å². The molecule has 0 bridgehead atoms. The number of rotatable bonds is 5. The molecule has 0 aliphatic carbocycles. The van der Waals surface area contributed by atoms with E-state index in [1.54, 1.807) is 0 Å². The molecular formula is C11H22N4O2. The number of hydrogen-bond acceptors (Lipinski definition) is 4. The van der Waals surface area contributed by atoms with Crippen LogP contribution in [0.4, 0.5) is 4.79 Å². The number of imide groups is 1. The highest BCUT2D eigenvalue weighted by atomic mass is 16.2. The lowest BCUT2D eigenvalue weighted by Crippen LogP contribution is -2.44. The number of likely N-dealkylation sites (N-methyl/N-ethyl adjacent to an activating group) is 1. The first-order valence-corrected chi connectivity index (χ1v) is 6.13. The predicted octanol–water partition coefficient (Wildman–Crippen LogP) is -0.484. The van der Waals surface area contributed by atoms with Crippen LogP contribution >= 0.6 is 0 Å². The van der Waals surface area contributed by atoms with Crippen molar-refractivity contribution in [1.29, 1.82) is 0 Å². The van der Waals surface area contributed by atoms with E-state index in [0.717, 1.165) is 25.9 Å². The number of carbonyl (C=O) groups is 2. The summed E-state index contributed by atoms with van der Waals surface area (Å²) >= 11 is 0. The Morgan fingerprint density at radius 1 is 1.41 bits per heavy atom. The molecule has 1 unspecified atom stereocenters. The zero-order valence-corrected chi connectivity index (χ0v) is 10.6. The van der Waals surface area contributed by atoms with Crippen LogP contribution in [-0.2, 0) is 4.79 Å². The lowest BCUT2D eigenvalue weighted by Gasteiger charge is -2.15. The molecule has 1 atom stereocenters. The molecule has 98 valence electrons. The molecule has 1 heterocycles. The van der Waals surface area contributed by atoms with Gasteiger partial charge in [0, 0.05) is 25.7 Å². The van der Waals surface area contributed by atoms with Gasteiger partial charge < -0.3 is 10.6 Å². The molecular weight excluding hydrogens is 220 g/mol. The molecule has 0 radical (unpaired) electrons. The van der Waals surface area contributed by atoms with Crippen LogP contribution in [-0.4, -0.2) is 56.1 Å². The van der Waals surface area contributed by atoms with Crippen molar-refractivity contribution in [3.63, 3.8) is 0 Å². The van der Waals surface area contributed by atoms with Crippen LogP contribution in [0.15, 0.2) is 0 Å². The molecule has 1 saturated heterocycles. The molecule has 0 aromatic rings. The zero-order chi connectivity index (χ0) is 12.7. The molecule has 1 fully saturated rings. The maximum Gasteiger partial charge on any atom is 0.321 e. The number of carbonyl (C=O) groups excluding carboxylic acids is 2. The number of nitrogens with one attached hydrogen (secondary N) is 3. The Morgan fingerprint density at radius 2 is 2.18 bits per heavy atom. The third kappa shape index (κ3) is 5.14. The lowest BCUT2D eigenvalue weighted by atomic mass is 10.3. The van der Waals surface area contributed by atoms with Gasteiger partial charge in [0.1, 0.15) is 0 Å². The molecule has 3 amide bonds.